The lowest BCUT2D eigenvalue weighted by Gasteiger charge is -2.09. The summed E-state index contributed by atoms with van der Waals surface area (Å²) in [5, 5.41) is 0.236. The summed E-state index contributed by atoms with van der Waals surface area (Å²) in [5.74, 6) is -5.89. The van der Waals surface area contributed by atoms with Crippen LogP contribution in [0.5, 0.6) is 5.75 Å². The van der Waals surface area contributed by atoms with E-state index in [4.69, 9.17) is 4.74 Å². The van der Waals surface area contributed by atoms with Crippen LogP contribution in [0.15, 0.2) is 55.1 Å². The molecule has 3 aromatic rings. The molecule has 0 N–H and O–H groups in total. The molecule has 0 unspecified atom stereocenters. The van der Waals surface area contributed by atoms with Crippen LogP contribution in [0.4, 0.5) is 17.6 Å². The number of hydrogen-bond acceptors (Lipinski definition) is 2. The Morgan fingerprint density at radius 1 is 0.963 bits per heavy atom. The molecule has 0 aliphatic heterocycles. The van der Waals surface area contributed by atoms with Crippen LogP contribution >= 0.6 is 0 Å². The number of ether oxygens (including phenoxy) is 1. The van der Waals surface area contributed by atoms with Gasteiger partial charge in [0.1, 0.15) is 0 Å². The third-order valence-electron chi connectivity index (χ3n) is 4.03. The summed E-state index contributed by atoms with van der Waals surface area (Å²) in [6.45, 7) is 3.54. The minimum atomic E-state index is -1.04. The third kappa shape index (κ3) is 3.84. The minimum absolute atomic E-state index is 0.0181. The van der Waals surface area contributed by atoms with Gasteiger partial charge in [0.25, 0.3) is 0 Å². The summed E-state index contributed by atoms with van der Waals surface area (Å²) >= 11 is 0. The van der Waals surface area contributed by atoms with E-state index in [0.717, 1.165) is 18.2 Å². The highest BCUT2D eigenvalue weighted by atomic mass is 19.2. The van der Waals surface area contributed by atoms with Gasteiger partial charge in [-0.05, 0) is 54.1 Å². The van der Waals surface area contributed by atoms with Gasteiger partial charge < -0.3 is 4.74 Å². The Labute approximate surface area is 152 Å². The summed E-state index contributed by atoms with van der Waals surface area (Å²) in [4.78, 5) is 12.2. The lowest BCUT2D eigenvalue weighted by molar-refractivity contribution is 0.0720. The predicted octanol–water partition coefficient (Wildman–Crippen LogP) is 5.73. The van der Waals surface area contributed by atoms with Crippen LogP contribution in [0.2, 0.25) is 0 Å². The van der Waals surface area contributed by atoms with Gasteiger partial charge in [-0.2, -0.15) is 0 Å². The zero-order valence-corrected chi connectivity index (χ0v) is 14.1. The van der Waals surface area contributed by atoms with Crippen LogP contribution < -0.4 is 4.74 Å². The molecule has 3 rings (SSSR count). The Kier molecular flexibility index (Phi) is 5.26. The van der Waals surface area contributed by atoms with E-state index < -0.39 is 35.0 Å². The second-order valence-electron chi connectivity index (χ2n) is 5.90. The average Bonchev–Trinajstić information content (AvgIpc) is 2.65. The van der Waals surface area contributed by atoms with Crippen LogP contribution in [0.25, 0.3) is 10.8 Å². The molecule has 0 bridgehead atoms. The number of carbonyl (C=O) groups excluding carboxylic acids is 1. The first-order valence-electron chi connectivity index (χ1n) is 8.09. The Hall–Kier alpha value is -3.15. The molecule has 3 aromatic carbocycles. The van der Waals surface area contributed by atoms with Crippen LogP contribution in [0.1, 0.15) is 22.3 Å². The fraction of sp³-hybridized carbons (Fsp3) is 0.0952. The molecular weight excluding hydrogens is 360 g/mol. The van der Waals surface area contributed by atoms with Gasteiger partial charge in [0.2, 0.25) is 5.75 Å². The zero-order valence-electron chi connectivity index (χ0n) is 14.1. The van der Waals surface area contributed by atoms with E-state index in [-0.39, 0.29) is 16.3 Å². The molecule has 6 heteroatoms. The quantitative estimate of drug-likeness (QED) is 0.247. The fourth-order valence-electron chi connectivity index (χ4n) is 2.67. The topological polar surface area (TPSA) is 26.3 Å². The monoisotopic (exact) mass is 374 g/mol. The molecule has 0 saturated carbocycles. The smallest absolute Gasteiger partial charge is 0.343 e. The van der Waals surface area contributed by atoms with E-state index in [1.54, 1.807) is 6.08 Å². The van der Waals surface area contributed by atoms with E-state index in [1.807, 2.05) is 0 Å². The predicted molar refractivity (Wildman–Crippen MR) is 93.7 cm³/mol. The first-order chi connectivity index (χ1) is 12.9. The molecule has 0 amide bonds. The third-order valence-corrected chi connectivity index (χ3v) is 4.03. The van der Waals surface area contributed by atoms with E-state index in [9.17, 15) is 22.4 Å². The van der Waals surface area contributed by atoms with Crippen molar-refractivity contribution in [1.82, 2.24) is 0 Å². The van der Waals surface area contributed by atoms with Gasteiger partial charge in [0.05, 0.1) is 5.56 Å². The molecule has 0 heterocycles. The van der Waals surface area contributed by atoms with Gasteiger partial charge in [-0.3, -0.25) is 0 Å². The number of halogens is 4. The summed E-state index contributed by atoms with van der Waals surface area (Å²) in [7, 11) is 0. The van der Waals surface area contributed by atoms with E-state index in [1.165, 1.54) is 24.3 Å². The van der Waals surface area contributed by atoms with Gasteiger partial charge in [-0.15, -0.1) is 6.58 Å². The number of carbonyl (C=O) groups is 1. The van der Waals surface area contributed by atoms with Crippen molar-refractivity contribution in [3.8, 4) is 5.75 Å². The first-order valence-corrected chi connectivity index (χ1v) is 8.09. The normalized spacial score (nSPS) is 10.8. The van der Waals surface area contributed by atoms with Crippen LogP contribution in [0.3, 0.4) is 0 Å². The standard InChI is InChI=1S/C21H14F4O2/c1-2-3-4-12-9-17(23)20(18(24)10-12)27-21(26)14-5-7-15-13(11-14)6-8-16(22)19(15)25/h2,5-11H,1,3-4H2. The van der Waals surface area contributed by atoms with Gasteiger partial charge >= 0.3 is 5.97 Å². The molecule has 0 aromatic heterocycles. The molecule has 0 radical (unpaired) electrons. The van der Waals surface area contributed by atoms with E-state index >= 15 is 0 Å². The molecule has 0 atom stereocenters. The van der Waals surface area contributed by atoms with Crippen LogP contribution in [-0.2, 0) is 6.42 Å². The highest BCUT2D eigenvalue weighted by Crippen LogP contribution is 2.26. The summed E-state index contributed by atoms with van der Waals surface area (Å²) in [6, 6.07) is 8.06. The largest absolute Gasteiger partial charge is 0.417 e. The molecule has 138 valence electrons. The van der Waals surface area contributed by atoms with Crippen molar-refractivity contribution < 1.29 is 27.1 Å². The van der Waals surface area contributed by atoms with Crippen molar-refractivity contribution in [2.75, 3.05) is 0 Å². The van der Waals surface area contributed by atoms with Crippen molar-refractivity contribution >= 4 is 16.7 Å². The van der Waals surface area contributed by atoms with Crippen LogP contribution in [0, 0.1) is 23.3 Å². The van der Waals surface area contributed by atoms with Crippen LogP contribution in [-0.4, -0.2) is 5.97 Å². The molecule has 0 saturated heterocycles. The summed E-state index contributed by atoms with van der Waals surface area (Å²) in [6.07, 6.45) is 2.57. The lowest BCUT2D eigenvalue weighted by Crippen LogP contribution is -2.11. The van der Waals surface area contributed by atoms with Crippen molar-refractivity contribution in [1.29, 1.82) is 0 Å². The Bertz CT molecular complexity index is 1020. The number of allylic oxidation sites excluding steroid dienone is 1. The summed E-state index contributed by atoms with van der Waals surface area (Å²) < 4.78 is 60.1. The number of hydrogen-bond donors (Lipinski definition) is 0. The maximum atomic E-state index is 14.1. The number of rotatable bonds is 5. The van der Waals surface area contributed by atoms with Gasteiger partial charge in [-0.25, -0.2) is 22.4 Å². The Morgan fingerprint density at radius 2 is 1.67 bits per heavy atom. The van der Waals surface area contributed by atoms with E-state index in [2.05, 4.69) is 6.58 Å². The Balaban J connectivity index is 1.88. The molecule has 2 nitrogen and oxygen atoms in total. The number of aryl methyl sites for hydroxylation is 1. The number of benzene rings is 3. The van der Waals surface area contributed by atoms with Gasteiger partial charge in [0, 0.05) is 5.39 Å². The molecule has 0 aliphatic carbocycles. The SMILES string of the molecule is C=CCCc1cc(F)c(OC(=O)c2ccc3c(F)c(F)ccc3c2)c(F)c1. The fourth-order valence-corrected chi connectivity index (χ4v) is 2.67. The van der Waals surface area contributed by atoms with E-state index in [0.29, 0.717) is 18.4 Å². The first kappa shape index (κ1) is 18.6. The maximum Gasteiger partial charge on any atom is 0.343 e. The van der Waals surface area contributed by atoms with Gasteiger partial charge in [-0.1, -0.05) is 18.2 Å². The molecule has 27 heavy (non-hydrogen) atoms. The lowest BCUT2D eigenvalue weighted by atomic mass is 10.1. The Morgan fingerprint density at radius 3 is 2.33 bits per heavy atom. The zero-order chi connectivity index (χ0) is 19.6. The molecule has 0 spiro atoms. The molecule has 0 fully saturated rings. The minimum Gasteiger partial charge on any atom is -0.417 e. The second kappa shape index (κ2) is 7.61. The van der Waals surface area contributed by atoms with Crippen molar-refractivity contribution in [2.45, 2.75) is 12.8 Å². The molecular formula is C21H14F4O2. The number of esters is 1. The average molecular weight is 374 g/mol. The van der Waals surface area contributed by atoms with Crippen molar-refractivity contribution in [3.05, 3.63) is 89.5 Å². The maximum absolute atomic E-state index is 14.1. The van der Waals surface area contributed by atoms with Gasteiger partial charge in [0.15, 0.2) is 23.3 Å². The van der Waals surface area contributed by atoms with Crippen molar-refractivity contribution in [2.24, 2.45) is 0 Å². The highest BCUT2D eigenvalue weighted by molar-refractivity contribution is 5.96. The second-order valence-corrected chi connectivity index (χ2v) is 5.90. The molecule has 0 aliphatic rings. The highest BCUT2D eigenvalue weighted by Gasteiger charge is 2.18. The summed E-state index contributed by atoms with van der Waals surface area (Å²) in [5.41, 5.74) is 0.357. The number of fused-ring (bicyclic) bond motifs is 1. The van der Waals surface area contributed by atoms with Crippen molar-refractivity contribution in [3.63, 3.8) is 0 Å².